The maximum atomic E-state index is 12.2. The summed E-state index contributed by atoms with van der Waals surface area (Å²) in [6.45, 7) is 8.60. The predicted octanol–water partition coefficient (Wildman–Crippen LogP) is 2.62. The van der Waals surface area contributed by atoms with Gasteiger partial charge in [-0.2, -0.15) is 0 Å². The molecule has 4 nitrogen and oxygen atoms in total. The summed E-state index contributed by atoms with van der Waals surface area (Å²) in [7, 11) is 0. The van der Waals surface area contributed by atoms with Crippen molar-refractivity contribution in [3.8, 4) is 0 Å². The van der Waals surface area contributed by atoms with Crippen LogP contribution >= 0.6 is 0 Å². The van der Waals surface area contributed by atoms with Crippen LogP contribution in [0, 0.1) is 0 Å². The Morgan fingerprint density at radius 1 is 1.33 bits per heavy atom. The number of hydrogen-bond acceptors (Lipinski definition) is 4. The van der Waals surface area contributed by atoms with E-state index in [2.05, 4.69) is 17.0 Å². The molecule has 0 amide bonds. The molecule has 0 unspecified atom stereocenters. The van der Waals surface area contributed by atoms with Crippen LogP contribution in [0.4, 0.5) is 0 Å². The molecule has 4 heteroatoms. The summed E-state index contributed by atoms with van der Waals surface area (Å²) in [5.41, 5.74) is 0.777. The van der Waals surface area contributed by atoms with E-state index in [1.807, 2.05) is 39.0 Å². The zero-order valence-electron chi connectivity index (χ0n) is 13.2. The lowest BCUT2D eigenvalue weighted by Gasteiger charge is -2.26. The van der Waals surface area contributed by atoms with Crippen LogP contribution in [0.5, 0.6) is 0 Å². The van der Waals surface area contributed by atoms with Crippen molar-refractivity contribution in [1.82, 2.24) is 4.90 Å². The van der Waals surface area contributed by atoms with Gasteiger partial charge in [0.25, 0.3) is 0 Å². The molecule has 0 radical (unpaired) electrons. The standard InChI is InChI=1S/C17H25NO3/c1-17(2,3)21-16(19)15-13-18(10-7-11-20-15)12-14-8-5-4-6-9-14/h4-6,8-9,15H,7,10-13H2,1-3H3/t15-/m1/s1. The molecule has 116 valence electrons. The van der Waals surface area contributed by atoms with Crippen LogP contribution in [0.1, 0.15) is 32.8 Å². The number of ether oxygens (including phenoxy) is 2. The van der Waals surface area contributed by atoms with Gasteiger partial charge in [0.05, 0.1) is 0 Å². The number of carbonyl (C=O) groups is 1. The molecule has 0 N–H and O–H groups in total. The second-order valence-electron chi connectivity index (χ2n) is 6.47. The maximum absolute atomic E-state index is 12.2. The van der Waals surface area contributed by atoms with Gasteiger partial charge in [0, 0.05) is 26.2 Å². The molecular weight excluding hydrogens is 266 g/mol. The molecule has 1 fully saturated rings. The minimum absolute atomic E-state index is 0.262. The highest BCUT2D eigenvalue weighted by Gasteiger charge is 2.29. The summed E-state index contributed by atoms with van der Waals surface area (Å²) in [5.74, 6) is -0.262. The monoisotopic (exact) mass is 291 g/mol. The molecule has 1 heterocycles. The van der Waals surface area contributed by atoms with Gasteiger partial charge in [0.1, 0.15) is 5.60 Å². The van der Waals surface area contributed by atoms with E-state index in [1.165, 1.54) is 5.56 Å². The third-order valence-corrected chi connectivity index (χ3v) is 3.28. The Kier molecular flexibility index (Phi) is 5.37. The fourth-order valence-electron chi connectivity index (χ4n) is 2.39. The molecule has 0 aliphatic carbocycles. The van der Waals surface area contributed by atoms with E-state index >= 15 is 0 Å². The Bertz CT molecular complexity index is 453. The van der Waals surface area contributed by atoms with Crippen molar-refractivity contribution >= 4 is 5.97 Å². The highest BCUT2D eigenvalue weighted by atomic mass is 16.6. The quantitative estimate of drug-likeness (QED) is 0.803. The number of rotatable bonds is 3. The van der Waals surface area contributed by atoms with Crippen molar-refractivity contribution in [1.29, 1.82) is 0 Å². The van der Waals surface area contributed by atoms with Crippen molar-refractivity contribution in [3.63, 3.8) is 0 Å². The summed E-state index contributed by atoms with van der Waals surface area (Å²) in [6.07, 6.45) is 0.446. The van der Waals surface area contributed by atoms with Crippen LogP contribution < -0.4 is 0 Å². The third-order valence-electron chi connectivity index (χ3n) is 3.28. The highest BCUT2D eigenvalue weighted by molar-refractivity contribution is 5.75. The average molecular weight is 291 g/mol. The van der Waals surface area contributed by atoms with Gasteiger partial charge in [0.2, 0.25) is 0 Å². The lowest BCUT2D eigenvalue weighted by Crippen LogP contribution is -2.40. The van der Waals surface area contributed by atoms with E-state index in [1.54, 1.807) is 0 Å². The predicted molar refractivity (Wildman–Crippen MR) is 81.9 cm³/mol. The Morgan fingerprint density at radius 2 is 2.05 bits per heavy atom. The van der Waals surface area contributed by atoms with Crippen molar-refractivity contribution in [2.45, 2.75) is 45.4 Å². The first-order valence-corrected chi connectivity index (χ1v) is 7.55. The average Bonchev–Trinajstić information content (AvgIpc) is 2.64. The van der Waals surface area contributed by atoms with Gasteiger partial charge in [-0.3, -0.25) is 4.90 Å². The molecule has 1 aromatic rings. The van der Waals surface area contributed by atoms with Crippen molar-refractivity contribution < 1.29 is 14.3 Å². The normalized spacial score (nSPS) is 20.8. The molecule has 0 aromatic heterocycles. The molecule has 21 heavy (non-hydrogen) atoms. The Balaban J connectivity index is 1.96. The summed E-state index contributed by atoms with van der Waals surface area (Å²) in [6, 6.07) is 10.3. The van der Waals surface area contributed by atoms with E-state index in [0.29, 0.717) is 13.2 Å². The van der Waals surface area contributed by atoms with Gasteiger partial charge in [0.15, 0.2) is 6.10 Å². The fraction of sp³-hybridized carbons (Fsp3) is 0.588. The van der Waals surface area contributed by atoms with Gasteiger partial charge in [-0.05, 0) is 32.8 Å². The van der Waals surface area contributed by atoms with E-state index in [9.17, 15) is 4.79 Å². The van der Waals surface area contributed by atoms with Crippen molar-refractivity contribution in [3.05, 3.63) is 35.9 Å². The van der Waals surface area contributed by atoms with E-state index < -0.39 is 11.7 Å². The van der Waals surface area contributed by atoms with E-state index in [4.69, 9.17) is 9.47 Å². The summed E-state index contributed by atoms with van der Waals surface area (Å²) < 4.78 is 11.1. The van der Waals surface area contributed by atoms with E-state index in [-0.39, 0.29) is 5.97 Å². The lowest BCUT2D eigenvalue weighted by molar-refractivity contribution is -0.168. The van der Waals surface area contributed by atoms with Gasteiger partial charge in [-0.1, -0.05) is 30.3 Å². The Hall–Kier alpha value is -1.39. The molecule has 0 saturated carbocycles. The molecule has 0 bridgehead atoms. The Morgan fingerprint density at radius 3 is 2.71 bits per heavy atom. The first kappa shape index (κ1) is 16.0. The number of hydrogen-bond donors (Lipinski definition) is 0. The number of carbonyl (C=O) groups excluding carboxylic acids is 1. The zero-order chi connectivity index (χ0) is 15.3. The lowest BCUT2D eigenvalue weighted by atomic mass is 10.2. The minimum atomic E-state index is -0.490. The van der Waals surface area contributed by atoms with Crippen LogP contribution in [-0.4, -0.2) is 42.3 Å². The highest BCUT2D eigenvalue weighted by Crippen LogP contribution is 2.15. The van der Waals surface area contributed by atoms with Gasteiger partial charge >= 0.3 is 5.97 Å². The SMILES string of the molecule is CC(C)(C)OC(=O)[C@H]1CN(Cc2ccccc2)CCCO1. The molecular formula is C17H25NO3. The molecule has 1 aromatic carbocycles. The van der Waals surface area contributed by atoms with Gasteiger partial charge < -0.3 is 9.47 Å². The van der Waals surface area contributed by atoms with Crippen LogP contribution in [0.3, 0.4) is 0 Å². The van der Waals surface area contributed by atoms with Gasteiger partial charge in [-0.25, -0.2) is 4.79 Å². The molecule has 1 aliphatic rings. The number of benzene rings is 1. The van der Waals surface area contributed by atoms with Crippen LogP contribution in [0.2, 0.25) is 0 Å². The minimum Gasteiger partial charge on any atom is -0.458 e. The van der Waals surface area contributed by atoms with Crippen LogP contribution in [0.25, 0.3) is 0 Å². The topological polar surface area (TPSA) is 38.8 Å². The van der Waals surface area contributed by atoms with Crippen LogP contribution in [-0.2, 0) is 20.8 Å². The molecule has 1 atom stereocenters. The third kappa shape index (κ3) is 5.48. The van der Waals surface area contributed by atoms with Crippen molar-refractivity contribution in [2.75, 3.05) is 19.7 Å². The largest absolute Gasteiger partial charge is 0.458 e. The summed E-state index contributed by atoms with van der Waals surface area (Å²) >= 11 is 0. The summed E-state index contributed by atoms with van der Waals surface area (Å²) in [5, 5.41) is 0. The Labute approximate surface area is 127 Å². The summed E-state index contributed by atoms with van der Waals surface area (Å²) in [4.78, 5) is 14.5. The first-order chi connectivity index (χ1) is 9.94. The zero-order valence-corrected chi connectivity index (χ0v) is 13.2. The number of esters is 1. The fourth-order valence-corrected chi connectivity index (χ4v) is 2.39. The van der Waals surface area contributed by atoms with Gasteiger partial charge in [-0.15, -0.1) is 0 Å². The second kappa shape index (κ2) is 7.05. The van der Waals surface area contributed by atoms with Crippen molar-refractivity contribution in [2.24, 2.45) is 0 Å². The van der Waals surface area contributed by atoms with E-state index in [0.717, 1.165) is 19.5 Å². The molecule has 0 spiro atoms. The number of nitrogens with zero attached hydrogens (tertiary/aromatic N) is 1. The second-order valence-corrected chi connectivity index (χ2v) is 6.47. The first-order valence-electron chi connectivity index (χ1n) is 7.55. The molecule has 1 aliphatic heterocycles. The van der Waals surface area contributed by atoms with Crippen LogP contribution in [0.15, 0.2) is 30.3 Å². The smallest absolute Gasteiger partial charge is 0.337 e. The molecule has 2 rings (SSSR count). The maximum Gasteiger partial charge on any atom is 0.337 e. The molecule has 1 saturated heterocycles.